The van der Waals surface area contributed by atoms with Crippen molar-refractivity contribution in [3.05, 3.63) is 12.2 Å². The predicted molar refractivity (Wildman–Crippen MR) is 62.1 cm³/mol. The van der Waals surface area contributed by atoms with E-state index >= 15 is 0 Å². The van der Waals surface area contributed by atoms with Crippen LogP contribution in [0.4, 0.5) is 0 Å². The first kappa shape index (κ1) is 17.0. The second-order valence-electron chi connectivity index (χ2n) is 4.36. The van der Waals surface area contributed by atoms with Crippen LogP contribution in [0.3, 0.4) is 0 Å². The summed E-state index contributed by atoms with van der Waals surface area (Å²) in [6.45, 7) is 1.97. The maximum atomic E-state index is 11.4. The van der Waals surface area contributed by atoms with Gasteiger partial charge in [0.1, 0.15) is 37.1 Å². The van der Waals surface area contributed by atoms with Gasteiger partial charge in [0, 0.05) is 0 Å². The number of esters is 1. The molecule has 9 nitrogen and oxygen atoms in total. The molecule has 1 aliphatic rings. The molecular formula is C11H18O9. The van der Waals surface area contributed by atoms with Crippen molar-refractivity contribution in [2.45, 2.75) is 36.8 Å². The van der Waals surface area contributed by atoms with E-state index in [1.165, 1.54) is 0 Å². The summed E-state index contributed by atoms with van der Waals surface area (Å²) in [6, 6.07) is 0. The summed E-state index contributed by atoms with van der Waals surface area (Å²) in [5.41, 5.74) is -0.390. The summed E-state index contributed by atoms with van der Waals surface area (Å²) in [5.74, 6) is -1.03. The molecule has 0 saturated carbocycles. The van der Waals surface area contributed by atoms with E-state index in [0.717, 1.165) is 0 Å². The molecule has 9 heteroatoms. The standard InChI is InChI=1S/C11H18O9/c1-4(5(13)2-12)10(17)19-3-6-7(14)8(15)9(16)11(18)20-6/h5-9,11-16,18H,1-3H2/t5-,6+,7+,8-,9+,11?/m0/s1. The number of carbonyl (C=O) groups is 1. The second kappa shape index (κ2) is 7.09. The Kier molecular flexibility index (Phi) is 6.02. The van der Waals surface area contributed by atoms with Gasteiger partial charge in [0.2, 0.25) is 0 Å². The van der Waals surface area contributed by atoms with E-state index in [1.807, 2.05) is 0 Å². The Labute approximate surface area is 114 Å². The highest BCUT2D eigenvalue weighted by molar-refractivity contribution is 5.88. The quantitative estimate of drug-likeness (QED) is 0.221. The van der Waals surface area contributed by atoms with Crippen molar-refractivity contribution in [1.29, 1.82) is 0 Å². The molecule has 1 heterocycles. The Hall–Kier alpha value is -1.07. The minimum Gasteiger partial charge on any atom is -0.459 e. The summed E-state index contributed by atoms with van der Waals surface area (Å²) in [4.78, 5) is 11.4. The average molecular weight is 294 g/mol. The van der Waals surface area contributed by atoms with E-state index in [0.29, 0.717) is 0 Å². The second-order valence-corrected chi connectivity index (χ2v) is 4.36. The molecule has 0 spiro atoms. The maximum absolute atomic E-state index is 11.4. The highest BCUT2D eigenvalue weighted by atomic mass is 16.6. The molecule has 0 aromatic carbocycles. The Morgan fingerprint density at radius 2 is 1.80 bits per heavy atom. The van der Waals surface area contributed by atoms with Gasteiger partial charge in [0.15, 0.2) is 6.29 Å². The van der Waals surface area contributed by atoms with Crippen LogP contribution in [0.1, 0.15) is 0 Å². The molecule has 0 bridgehead atoms. The average Bonchev–Trinajstić information content (AvgIpc) is 2.45. The van der Waals surface area contributed by atoms with Gasteiger partial charge in [-0.2, -0.15) is 0 Å². The molecule has 20 heavy (non-hydrogen) atoms. The number of aliphatic hydroxyl groups excluding tert-OH is 6. The molecule has 1 unspecified atom stereocenters. The molecule has 0 radical (unpaired) electrons. The number of aliphatic hydroxyl groups is 6. The lowest BCUT2D eigenvalue weighted by molar-refractivity contribution is -0.287. The van der Waals surface area contributed by atoms with Crippen molar-refractivity contribution in [3.8, 4) is 0 Å². The highest BCUT2D eigenvalue weighted by Crippen LogP contribution is 2.20. The van der Waals surface area contributed by atoms with Crippen molar-refractivity contribution >= 4 is 5.97 Å². The Bertz CT molecular complexity index is 358. The van der Waals surface area contributed by atoms with Gasteiger partial charge < -0.3 is 40.1 Å². The fourth-order valence-electron chi connectivity index (χ4n) is 1.57. The summed E-state index contributed by atoms with van der Waals surface area (Å²) in [5, 5.41) is 55.3. The molecule has 6 N–H and O–H groups in total. The number of hydrogen-bond acceptors (Lipinski definition) is 9. The molecule has 0 aromatic heterocycles. The lowest BCUT2D eigenvalue weighted by atomic mass is 9.99. The summed E-state index contributed by atoms with van der Waals surface area (Å²) in [7, 11) is 0. The van der Waals surface area contributed by atoms with Crippen molar-refractivity contribution in [3.63, 3.8) is 0 Å². The first-order valence-corrected chi connectivity index (χ1v) is 5.82. The van der Waals surface area contributed by atoms with Crippen LogP contribution in [0.2, 0.25) is 0 Å². The van der Waals surface area contributed by atoms with Gasteiger partial charge in [-0.1, -0.05) is 6.58 Å². The van der Waals surface area contributed by atoms with Crippen LogP contribution in [0, 0.1) is 0 Å². The molecule has 116 valence electrons. The van der Waals surface area contributed by atoms with Crippen LogP contribution in [-0.4, -0.2) is 86.6 Å². The van der Waals surface area contributed by atoms with Crippen LogP contribution in [0.15, 0.2) is 12.2 Å². The lowest BCUT2D eigenvalue weighted by Gasteiger charge is -2.37. The van der Waals surface area contributed by atoms with Crippen LogP contribution < -0.4 is 0 Å². The van der Waals surface area contributed by atoms with Crippen molar-refractivity contribution in [2.75, 3.05) is 13.2 Å². The zero-order valence-corrected chi connectivity index (χ0v) is 10.5. The van der Waals surface area contributed by atoms with Crippen molar-refractivity contribution in [2.24, 2.45) is 0 Å². The lowest BCUT2D eigenvalue weighted by Crippen LogP contribution is -2.58. The number of hydrogen-bond donors (Lipinski definition) is 6. The molecule has 1 saturated heterocycles. The van der Waals surface area contributed by atoms with Gasteiger partial charge in [-0.25, -0.2) is 4.79 Å². The van der Waals surface area contributed by atoms with Gasteiger partial charge >= 0.3 is 5.97 Å². The normalized spacial score (nSPS) is 35.4. The van der Waals surface area contributed by atoms with E-state index in [2.05, 4.69) is 11.3 Å². The predicted octanol–water partition coefficient (Wildman–Crippen LogP) is -3.76. The first-order valence-electron chi connectivity index (χ1n) is 5.82. The fourth-order valence-corrected chi connectivity index (χ4v) is 1.57. The van der Waals surface area contributed by atoms with Gasteiger partial charge in [-0.05, 0) is 0 Å². The Morgan fingerprint density at radius 3 is 2.35 bits per heavy atom. The molecule has 6 atom stereocenters. The maximum Gasteiger partial charge on any atom is 0.336 e. The van der Waals surface area contributed by atoms with Gasteiger partial charge in [-0.3, -0.25) is 0 Å². The van der Waals surface area contributed by atoms with E-state index < -0.39 is 56.0 Å². The van der Waals surface area contributed by atoms with Crippen LogP contribution in [-0.2, 0) is 14.3 Å². The van der Waals surface area contributed by atoms with Crippen LogP contribution in [0.25, 0.3) is 0 Å². The van der Waals surface area contributed by atoms with Crippen molar-refractivity contribution in [1.82, 2.24) is 0 Å². The van der Waals surface area contributed by atoms with Gasteiger partial charge in [0.25, 0.3) is 0 Å². The van der Waals surface area contributed by atoms with Crippen LogP contribution in [0.5, 0.6) is 0 Å². The highest BCUT2D eigenvalue weighted by Gasteiger charge is 2.43. The fraction of sp³-hybridized carbons (Fsp3) is 0.727. The minimum absolute atomic E-state index is 0.390. The van der Waals surface area contributed by atoms with Gasteiger partial charge in [-0.15, -0.1) is 0 Å². The van der Waals surface area contributed by atoms with Crippen LogP contribution >= 0.6 is 0 Å². The summed E-state index contributed by atoms with van der Waals surface area (Å²) >= 11 is 0. The molecular weight excluding hydrogens is 276 g/mol. The SMILES string of the molecule is C=C(C(=O)OC[C@H]1OC(O)[C@H](O)[C@@H](O)[C@@H]1O)[C@@H](O)CO. The smallest absolute Gasteiger partial charge is 0.336 e. The van der Waals surface area contributed by atoms with E-state index in [-0.39, 0.29) is 5.57 Å². The molecule has 0 aromatic rings. The number of carbonyl (C=O) groups excluding carboxylic acids is 1. The number of ether oxygens (including phenoxy) is 2. The largest absolute Gasteiger partial charge is 0.459 e. The topological polar surface area (TPSA) is 157 Å². The van der Waals surface area contributed by atoms with E-state index in [9.17, 15) is 25.2 Å². The Morgan fingerprint density at radius 1 is 1.20 bits per heavy atom. The first-order chi connectivity index (χ1) is 9.29. The molecule has 1 aliphatic heterocycles. The van der Waals surface area contributed by atoms with Crippen molar-refractivity contribution < 1.29 is 44.9 Å². The third-order valence-corrected chi connectivity index (χ3v) is 2.90. The third kappa shape index (κ3) is 3.73. The Balaban J connectivity index is 2.53. The third-order valence-electron chi connectivity index (χ3n) is 2.90. The summed E-state index contributed by atoms with van der Waals surface area (Å²) < 4.78 is 9.45. The molecule has 1 rings (SSSR count). The molecule has 0 aliphatic carbocycles. The number of rotatable bonds is 5. The molecule has 1 fully saturated rings. The molecule has 0 amide bonds. The zero-order chi connectivity index (χ0) is 15.4. The van der Waals surface area contributed by atoms with Gasteiger partial charge in [0.05, 0.1) is 12.2 Å². The zero-order valence-electron chi connectivity index (χ0n) is 10.5. The monoisotopic (exact) mass is 294 g/mol. The van der Waals surface area contributed by atoms with E-state index in [4.69, 9.17) is 14.9 Å². The van der Waals surface area contributed by atoms with E-state index in [1.54, 1.807) is 0 Å². The summed E-state index contributed by atoms with van der Waals surface area (Å²) in [6.07, 6.45) is -9.37. The minimum atomic E-state index is -1.73.